The number of amides is 2. The smallest absolute Gasteiger partial charge is 0.316 e. The minimum atomic E-state index is -0.629. The molecule has 0 saturated carbocycles. The molecule has 2 N–H and O–H groups in total. The molecule has 9 heteroatoms. The number of nitrogens with one attached hydrogen (secondary N) is 2. The Morgan fingerprint density at radius 1 is 1.27 bits per heavy atom. The predicted molar refractivity (Wildman–Crippen MR) is 77.7 cm³/mol. The standard InChI is InChI=1S/C13H13N3O5S/c1-8(17)15-16-11(18)6-20-12(19)7-22-13-14-9-4-2-3-5-10(9)21-13/h2-5H,6-7H2,1H3,(H,15,17)(H,16,18). The van der Waals surface area contributed by atoms with Gasteiger partial charge in [-0.2, -0.15) is 0 Å². The molecule has 0 unspecified atom stereocenters. The minimum absolute atomic E-state index is 0.0414. The van der Waals surface area contributed by atoms with Gasteiger partial charge in [0.1, 0.15) is 11.3 Å². The highest BCUT2D eigenvalue weighted by molar-refractivity contribution is 7.99. The van der Waals surface area contributed by atoms with Gasteiger partial charge in [0, 0.05) is 6.92 Å². The van der Waals surface area contributed by atoms with Crippen LogP contribution in [0.15, 0.2) is 33.9 Å². The molecule has 1 heterocycles. The second kappa shape index (κ2) is 7.46. The topological polar surface area (TPSA) is 111 Å². The number of nitrogens with zero attached hydrogens (tertiary/aromatic N) is 1. The summed E-state index contributed by atoms with van der Waals surface area (Å²) in [5, 5.41) is 0.348. The van der Waals surface area contributed by atoms with Gasteiger partial charge < -0.3 is 9.15 Å². The lowest BCUT2D eigenvalue weighted by atomic mass is 10.3. The Balaban J connectivity index is 1.73. The molecule has 0 aliphatic carbocycles. The van der Waals surface area contributed by atoms with Crippen LogP contribution in [0.3, 0.4) is 0 Å². The summed E-state index contributed by atoms with van der Waals surface area (Å²) in [6.07, 6.45) is 0. The normalized spacial score (nSPS) is 10.2. The van der Waals surface area contributed by atoms with Gasteiger partial charge in [0.05, 0.1) is 0 Å². The molecule has 0 aliphatic heterocycles. The van der Waals surface area contributed by atoms with Gasteiger partial charge in [-0.25, -0.2) is 4.98 Å². The number of hydrazine groups is 1. The van der Waals surface area contributed by atoms with Gasteiger partial charge in [0.2, 0.25) is 5.91 Å². The largest absolute Gasteiger partial charge is 0.455 e. The van der Waals surface area contributed by atoms with E-state index in [0.717, 1.165) is 11.8 Å². The van der Waals surface area contributed by atoms with E-state index in [4.69, 9.17) is 9.15 Å². The fourth-order valence-electron chi connectivity index (χ4n) is 1.41. The van der Waals surface area contributed by atoms with Crippen molar-refractivity contribution >= 4 is 40.6 Å². The third kappa shape index (κ3) is 4.77. The molecule has 0 saturated heterocycles. The number of fused-ring (bicyclic) bond motifs is 1. The molecular weight excluding hydrogens is 310 g/mol. The van der Waals surface area contributed by atoms with Gasteiger partial charge in [-0.15, -0.1) is 0 Å². The van der Waals surface area contributed by atoms with Crippen LogP contribution in [0.4, 0.5) is 0 Å². The van der Waals surface area contributed by atoms with Crippen LogP contribution in [0, 0.1) is 0 Å². The molecular formula is C13H13N3O5S. The van der Waals surface area contributed by atoms with Crippen molar-refractivity contribution in [1.29, 1.82) is 0 Å². The SMILES string of the molecule is CC(=O)NNC(=O)COC(=O)CSc1nc2ccccc2o1. The highest BCUT2D eigenvalue weighted by Crippen LogP contribution is 2.22. The number of hydrogen-bond acceptors (Lipinski definition) is 7. The first-order chi connectivity index (χ1) is 10.5. The Kier molecular flexibility index (Phi) is 5.37. The number of ether oxygens (including phenoxy) is 1. The Bertz CT molecular complexity index is 667. The second-order valence-corrected chi connectivity index (χ2v) is 5.05. The molecule has 1 aromatic carbocycles. The van der Waals surface area contributed by atoms with E-state index < -0.39 is 24.4 Å². The van der Waals surface area contributed by atoms with E-state index >= 15 is 0 Å². The number of oxazole rings is 1. The third-order valence-corrected chi connectivity index (χ3v) is 3.13. The predicted octanol–water partition coefficient (Wildman–Crippen LogP) is 0.630. The molecule has 22 heavy (non-hydrogen) atoms. The maximum absolute atomic E-state index is 11.5. The number of benzene rings is 1. The molecule has 2 aromatic rings. The van der Waals surface area contributed by atoms with Crippen LogP contribution in [-0.4, -0.2) is 35.1 Å². The Labute approximate surface area is 129 Å². The summed E-state index contributed by atoms with van der Waals surface area (Å²) in [6.45, 7) is 0.760. The maximum Gasteiger partial charge on any atom is 0.316 e. The molecule has 0 atom stereocenters. The van der Waals surface area contributed by atoms with E-state index in [1.165, 1.54) is 6.92 Å². The highest BCUT2D eigenvalue weighted by Gasteiger charge is 2.11. The average molecular weight is 323 g/mol. The lowest BCUT2D eigenvalue weighted by Crippen LogP contribution is -2.42. The summed E-state index contributed by atoms with van der Waals surface area (Å²) >= 11 is 1.07. The maximum atomic E-state index is 11.5. The fraction of sp³-hybridized carbons (Fsp3) is 0.231. The lowest BCUT2D eigenvalue weighted by molar-refractivity contribution is -0.146. The number of carbonyl (C=O) groups is 3. The number of thioether (sulfide) groups is 1. The number of rotatable bonds is 5. The number of hydrogen-bond donors (Lipinski definition) is 2. The average Bonchev–Trinajstić information content (AvgIpc) is 2.91. The van der Waals surface area contributed by atoms with Gasteiger partial charge in [-0.3, -0.25) is 25.2 Å². The second-order valence-electron chi connectivity index (χ2n) is 4.13. The van der Waals surface area contributed by atoms with Crippen molar-refractivity contribution in [1.82, 2.24) is 15.8 Å². The summed E-state index contributed by atoms with van der Waals surface area (Å²) in [4.78, 5) is 37.5. The van der Waals surface area contributed by atoms with Crippen LogP contribution in [0.2, 0.25) is 0 Å². The van der Waals surface area contributed by atoms with Gasteiger partial charge in [-0.1, -0.05) is 23.9 Å². The minimum Gasteiger partial charge on any atom is -0.455 e. The van der Waals surface area contributed by atoms with Gasteiger partial charge >= 0.3 is 5.97 Å². The van der Waals surface area contributed by atoms with Crippen molar-refractivity contribution in [2.45, 2.75) is 12.1 Å². The van der Waals surface area contributed by atoms with Crippen LogP contribution >= 0.6 is 11.8 Å². The molecule has 0 radical (unpaired) electrons. The zero-order valence-electron chi connectivity index (χ0n) is 11.6. The number of carbonyl (C=O) groups excluding carboxylic acids is 3. The van der Waals surface area contributed by atoms with Crippen LogP contribution in [0.25, 0.3) is 11.1 Å². The van der Waals surface area contributed by atoms with Crippen molar-refractivity contribution in [2.24, 2.45) is 0 Å². The molecule has 2 rings (SSSR count). The summed E-state index contributed by atoms with van der Waals surface area (Å²) in [7, 11) is 0. The first-order valence-electron chi connectivity index (χ1n) is 6.24. The van der Waals surface area contributed by atoms with Crippen LogP contribution in [0.5, 0.6) is 0 Å². The monoisotopic (exact) mass is 323 g/mol. The summed E-state index contributed by atoms with van der Waals surface area (Å²) in [6, 6.07) is 7.23. The van der Waals surface area contributed by atoms with Gasteiger partial charge in [-0.05, 0) is 12.1 Å². The first kappa shape index (κ1) is 15.8. The van der Waals surface area contributed by atoms with Crippen LogP contribution in [0.1, 0.15) is 6.92 Å². The van der Waals surface area contributed by atoms with E-state index in [-0.39, 0.29) is 5.75 Å². The van der Waals surface area contributed by atoms with Crippen molar-refractivity contribution < 1.29 is 23.5 Å². The Morgan fingerprint density at radius 2 is 2.05 bits per heavy atom. The third-order valence-electron chi connectivity index (χ3n) is 2.33. The van der Waals surface area contributed by atoms with Crippen molar-refractivity contribution in [3.63, 3.8) is 0 Å². The van der Waals surface area contributed by atoms with E-state index in [2.05, 4.69) is 15.8 Å². The van der Waals surface area contributed by atoms with Gasteiger partial charge in [0.25, 0.3) is 11.1 Å². The van der Waals surface area contributed by atoms with Crippen LogP contribution in [-0.2, 0) is 19.1 Å². The zero-order valence-corrected chi connectivity index (χ0v) is 12.4. The van der Waals surface area contributed by atoms with E-state index in [1.54, 1.807) is 12.1 Å². The van der Waals surface area contributed by atoms with Gasteiger partial charge in [0.15, 0.2) is 12.2 Å². The Morgan fingerprint density at radius 3 is 2.77 bits per heavy atom. The summed E-state index contributed by atoms with van der Waals surface area (Å²) in [5.41, 5.74) is 5.49. The fourth-order valence-corrected chi connectivity index (χ4v) is 2.05. The van der Waals surface area contributed by atoms with E-state index in [0.29, 0.717) is 16.3 Å². The van der Waals surface area contributed by atoms with Crippen LogP contribution < -0.4 is 10.9 Å². The van der Waals surface area contributed by atoms with E-state index in [9.17, 15) is 14.4 Å². The Hall–Kier alpha value is -2.55. The zero-order chi connectivity index (χ0) is 15.9. The lowest BCUT2D eigenvalue weighted by Gasteiger charge is -2.05. The number of para-hydroxylation sites is 2. The highest BCUT2D eigenvalue weighted by atomic mass is 32.2. The molecule has 0 spiro atoms. The van der Waals surface area contributed by atoms with Crippen molar-refractivity contribution in [3.05, 3.63) is 24.3 Å². The summed E-state index contributed by atoms with van der Waals surface area (Å²) < 4.78 is 10.2. The number of aromatic nitrogens is 1. The summed E-state index contributed by atoms with van der Waals surface area (Å²) in [5.74, 6) is -1.69. The van der Waals surface area contributed by atoms with E-state index in [1.807, 2.05) is 12.1 Å². The molecule has 8 nitrogen and oxygen atoms in total. The van der Waals surface area contributed by atoms with Crippen molar-refractivity contribution in [3.8, 4) is 0 Å². The molecule has 0 bridgehead atoms. The molecule has 1 aromatic heterocycles. The number of esters is 1. The quantitative estimate of drug-likeness (QED) is 0.471. The molecule has 0 fully saturated rings. The molecule has 2 amide bonds. The molecule has 116 valence electrons. The van der Waals surface area contributed by atoms with Crippen molar-refractivity contribution in [2.75, 3.05) is 12.4 Å². The molecule has 0 aliphatic rings. The first-order valence-corrected chi connectivity index (χ1v) is 7.22.